The molecule has 0 bridgehead atoms. The Morgan fingerprint density at radius 2 is 1.95 bits per heavy atom. The molecule has 1 aromatic rings. The fourth-order valence-electron chi connectivity index (χ4n) is 1.87. The molecule has 0 saturated carbocycles. The van der Waals surface area contributed by atoms with E-state index in [1.165, 1.54) is 0 Å². The van der Waals surface area contributed by atoms with Crippen LogP contribution in [-0.4, -0.2) is 18.6 Å². The van der Waals surface area contributed by atoms with Gasteiger partial charge in [0, 0.05) is 0 Å². The lowest BCUT2D eigenvalue weighted by molar-refractivity contribution is -0.123. The summed E-state index contributed by atoms with van der Waals surface area (Å²) in [6.45, 7) is 6.57. The first-order valence-electron chi connectivity index (χ1n) is 6.87. The number of carbonyl (C=O) groups excluding carboxylic acids is 1. The summed E-state index contributed by atoms with van der Waals surface area (Å²) >= 11 is 0. The molecule has 0 saturated heterocycles. The van der Waals surface area contributed by atoms with Crippen molar-refractivity contribution in [3.63, 3.8) is 0 Å². The van der Waals surface area contributed by atoms with E-state index in [1.807, 2.05) is 45.0 Å². The Morgan fingerprint density at radius 3 is 2.47 bits per heavy atom. The topological polar surface area (TPSA) is 64.4 Å². The largest absolute Gasteiger partial charge is 0.494 e. The number of nitrogens with one attached hydrogen (secondary N) is 1. The summed E-state index contributed by atoms with van der Waals surface area (Å²) in [5.41, 5.74) is 6.83. The molecule has 0 aliphatic rings. The lowest BCUT2D eigenvalue weighted by Crippen LogP contribution is -2.41. The molecule has 4 heteroatoms. The highest BCUT2D eigenvalue weighted by Gasteiger charge is 2.15. The van der Waals surface area contributed by atoms with Crippen LogP contribution >= 0.6 is 0 Å². The minimum absolute atomic E-state index is 0.0499. The Hall–Kier alpha value is -1.55. The molecule has 19 heavy (non-hydrogen) atoms. The molecule has 1 amide bonds. The molecule has 0 aliphatic carbocycles. The van der Waals surface area contributed by atoms with Gasteiger partial charge in [0.1, 0.15) is 5.75 Å². The predicted octanol–water partition coefficient (Wildman–Crippen LogP) is 2.39. The maximum atomic E-state index is 11.8. The molecule has 0 spiro atoms. The monoisotopic (exact) mass is 264 g/mol. The second kappa shape index (κ2) is 7.79. The summed E-state index contributed by atoms with van der Waals surface area (Å²) < 4.78 is 5.38. The van der Waals surface area contributed by atoms with Crippen LogP contribution in [0.5, 0.6) is 5.75 Å². The zero-order valence-corrected chi connectivity index (χ0v) is 12.0. The minimum Gasteiger partial charge on any atom is -0.494 e. The summed E-state index contributed by atoms with van der Waals surface area (Å²) in [6, 6.07) is 7.27. The van der Waals surface area contributed by atoms with Gasteiger partial charge >= 0.3 is 0 Å². The Labute approximate surface area is 115 Å². The Bertz CT molecular complexity index is 390. The van der Waals surface area contributed by atoms with Gasteiger partial charge in [-0.25, -0.2) is 0 Å². The van der Waals surface area contributed by atoms with E-state index in [9.17, 15) is 4.79 Å². The molecule has 4 nitrogen and oxygen atoms in total. The molecule has 2 unspecified atom stereocenters. The van der Waals surface area contributed by atoms with E-state index < -0.39 is 6.04 Å². The van der Waals surface area contributed by atoms with Gasteiger partial charge in [0.05, 0.1) is 18.7 Å². The van der Waals surface area contributed by atoms with E-state index in [0.717, 1.165) is 17.7 Å². The maximum Gasteiger partial charge on any atom is 0.237 e. The van der Waals surface area contributed by atoms with Gasteiger partial charge in [-0.05, 0) is 38.0 Å². The molecule has 0 fully saturated rings. The highest BCUT2D eigenvalue weighted by Crippen LogP contribution is 2.17. The second-order valence-corrected chi connectivity index (χ2v) is 4.63. The Morgan fingerprint density at radius 1 is 1.32 bits per heavy atom. The number of ether oxygens (including phenoxy) is 1. The molecule has 0 aromatic heterocycles. The fraction of sp³-hybridized carbons (Fsp3) is 0.533. The molecular weight excluding hydrogens is 240 g/mol. The number of rotatable bonds is 7. The second-order valence-electron chi connectivity index (χ2n) is 4.63. The number of hydrogen-bond donors (Lipinski definition) is 2. The summed E-state index contributed by atoms with van der Waals surface area (Å²) in [5, 5.41) is 2.93. The fourth-order valence-corrected chi connectivity index (χ4v) is 1.87. The third-order valence-corrected chi connectivity index (χ3v) is 2.99. The zero-order valence-electron chi connectivity index (χ0n) is 12.0. The van der Waals surface area contributed by atoms with Crippen molar-refractivity contribution in [3.05, 3.63) is 29.8 Å². The van der Waals surface area contributed by atoms with Crippen LogP contribution in [0.3, 0.4) is 0 Å². The lowest BCUT2D eigenvalue weighted by Gasteiger charge is -2.18. The van der Waals surface area contributed by atoms with Gasteiger partial charge < -0.3 is 15.8 Å². The molecule has 0 radical (unpaired) electrons. The predicted molar refractivity (Wildman–Crippen MR) is 77.1 cm³/mol. The normalized spacial score (nSPS) is 13.7. The van der Waals surface area contributed by atoms with Crippen LogP contribution in [0, 0.1) is 0 Å². The van der Waals surface area contributed by atoms with Crippen LogP contribution in [0.4, 0.5) is 0 Å². The van der Waals surface area contributed by atoms with Gasteiger partial charge in [-0.15, -0.1) is 0 Å². The Kier molecular flexibility index (Phi) is 6.36. The van der Waals surface area contributed by atoms with E-state index in [-0.39, 0.29) is 11.9 Å². The van der Waals surface area contributed by atoms with Crippen LogP contribution < -0.4 is 15.8 Å². The molecule has 1 rings (SSSR count). The van der Waals surface area contributed by atoms with E-state index >= 15 is 0 Å². The first-order valence-corrected chi connectivity index (χ1v) is 6.87. The summed E-state index contributed by atoms with van der Waals surface area (Å²) in [4.78, 5) is 11.8. The summed E-state index contributed by atoms with van der Waals surface area (Å²) in [7, 11) is 0. The molecule has 106 valence electrons. The average molecular weight is 264 g/mol. The van der Waals surface area contributed by atoms with Gasteiger partial charge in [-0.2, -0.15) is 0 Å². The molecule has 0 heterocycles. The van der Waals surface area contributed by atoms with Crippen LogP contribution in [0.15, 0.2) is 24.3 Å². The lowest BCUT2D eigenvalue weighted by atomic mass is 10.1. The van der Waals surface area contributed by atoms with Gasteiger partial charge in [0.2, 0.25) is 5.91 Å². The number of amides is 1. The van der Waals surface area contributed by atoms with E-state index in [1.54, 1.807) is 0 Å². The number of carbonyl (C=O) groups is 1. The highest BCUT2D eigenvalue weighted by atomic mass is 16.5. The summed E-state index contributed by atoms with van der Waals surface area (Å²) in [5.74, 6) is 0.746. The van der Waals surface area contributed by atoms with Crippen LogP contribution in [0.2, 0.25) is 0 Å². The van der Waals surface area contributed by atoms with Crippen molar-refractivity contribution in [1.29, 1.82) is 0 Å². The smallest absolute Gasteiger partial charge is 0.237 e. The number of nitrogens with two attached hydrogens (primary N) is 1. The van der Waals surface area contributed by atoms with Crippen molar-refractivity contribution < 1.29 is 9.53 Å². The third kappa shape index (κ3) is 4.91. The number of hydrogen-bond acceptors (Lipinski definition) is 3. The van der Waals surface area contributed by atoms with Crippen molar-refractivity contribution in [1.82, 2.24) is 5.32 Å². The van der Waals surface area contributed by atoms with Crippen LogP contribution in [-0.2, 0) is 4.79 Å². The molecule has 0 aliphatic heterocycles. The molecule has 2 atom stereocenters. The van der Waals surface area contributed by atoms with Crippen molar-refractivity contribution >= 4 is 5.91 Å². The Balaban J connectivity index is 2.57. The van der Waals surface area contributed by atoms with Crippen molar-refractivity contribution in [2.24, 2.45) is 5.73 Å². The zero-order chi connectivity index (χ0) is 14.3. The number of benzene rings is 1. The first kappa shape index (κ1) is 15.5. The van der Waals surface area contributed by atoms with E-state index in [2.05, 4.69) is 5.32 Å². The van der Waals surface area contributed by atoms with Crippen LogP contribution in [0.25, 0.3) is 0 Å². The average Bonchev–Trinajstić information content (AvgIpc) is 2.40. The van der Waals surface area contributed by atoms with Gasteiger partial charge in [-0.1, -0.05) is 25.5 Å². The van der Waals surface area contributed by atoms with E-state index in [0.29, 0.717) is 13.0 Å². The summed E-state index contributed by atoms with van der Waals surface area (Å²) in [6.07, 6.45) is 1.62. The van der Waals surface area contributed by atoms with Crippen molar-refractivity contribution in [2.75, 3.05) is 6.61 Å². The van der Waals surface area contributed by atoms with Crippen LogP contribution in [0.1, 0.15) is 45.2 Å². The molecular formula is C15H24N2O2. The molecule has 3 N–H and O–H groups in total. The van der Waals surface area contributed by atoms with Crippen molar-refractivity contribution in [2.45, 2.75) is 45.7 Å². The van der Waals surface area contributed by atoms with Gasteiger partial charge in [-0.3, -0.25) is 4.79 Å². The van der Waals surface area contributed by atoms with Gasteiger partial charge in [0.15, 0.2) is 0 Å². The van der Waals surface area contributed by atoms with Gasteiger partial charge in [0.25, 0.3) is 0 Å². The van der Waals surface area contributed by atoms with Crippen molar-refractivity contribution in [3.8, 4) is 5.75 Å². The quantitative estimate of drug-likeness (QED) is 0.794. The highest BCUT2D eigenvalue weighted by molar-refractivity contribution is 5.81. The standard InChI is InChI=1S/C15H24N2O2/c1-4-6-14(16)15(18)17-11(3)12-7-9-13(10-8-12)19-5-2/h7-11,14H,4-6,16H2,1-3H3,(H,17,18). The third-order valence-electron chi connectivity index (χ3n) is 2.99. The SMILES string of the molecule is CCCC(N)C(=O)NC(C)c1ccc(OCC)cc1. The first-order chi connectivity index (χ1) is 9.08. The van der Waals surface area contributed by atoms with E-state index in [4.69, 9.17) is 10.5 Å². The molecule has 1 aromatic carbocycles. The maximum absolute atomic E-state index is 11.8. The minimum atomic E-state index is -0.421.